The second kappa shape index (κ2) is 13.3. The van der Waals surface area contributed by atoms with E-state index in [9.17, 15) is 0 Å². The van der Waals surface area contributed by atoms with E-state index in [1.807, 2.05) is 12.1 Å². The van der Waals surface area contributed by atoms with Crippen molar-refractivity contribution in [3.8, 4) is 0 Å². The Bertz CT molecular complexity index is 1670. The summed E-state index contributed by atoms with van der Waals surface area (Å²) in [4.78, 5) is 9.03. The zero-order valence-corrected chi connectivity index (χ0v) is 32.6. The molecule has 0 atom stereocenters. The fourth-order valence-corrected chi connectivity index (χ4v) is 5.64. The number of benzene rings is 4. The molecule has 0 saturated heterocycles. The minimum atomic E-state index is 0. The fourth-order valence-electron chi connectivity index (χ4n) is 5.64. The molecule has 0 saturated carbocycles. The summed E-state index contributed by atoms with van der Waals surface area (Å²) in [5.41, 5.74) is 10.5. The summed E-state index contributed by atoms with van der Waals surface area (Å²) >= 11 is 0. The quantitative estimate of drug-likeness (QED) is 0.131. The number of rotatable bonds is 2. The van der Waals surface area contributed by atoms with Crippen molar-refractivity contribution in [3.05, 3.63) is 126 Å². The summed E-state index contributed by atoms with van der Waals surface area (Å²) < 4.78 is 0. The smallest absolute Gasteiger partial charge is 0.0130 e. The van der Waals surface area contributed by atoms with E-state index >= 15 is 0 Å². The van der Waals surface area contributed by atoms with E-state index in [1.54, 1.807) is 0 Å². The Morgan fingerprint density at radius 1 is 0.447 bits per heavy atom. The van der Waals surface area contributed by atoms with Crippen molar-refractivity contribution in [1.29, 1.82) is 0 Å². The normalized spacial score (nSPS) is 14.0. The number of fused-ring (bicyclic) bond motifs is 3. The Kier molecular flexibility index (Phi) is 10.4. The molecule has 0 aliphatic carbocycles. The van der Waals surface area contributed by atoms with Crippen molar-refractivity contribution in [2.45, 2.75) is 105 Å². The van der Waals surface area contributed by atoms with Gasteiger partial charge in [-0.2, -0.15) is 0 Å². The molecule has 1 aliphatic heterocycles. The molecule has 253 valence electrons. The largest absolute Gasteiger partial charge is 0.657 e. The molecule has 1 radical (unpaired) electrons. The molecule has 1 aliphatic rings. The molecular weight excluding hydrogens is 755 g/mol. The van der Waals surface area contributed by atoms with Gasteiger partial charge in [-0.25, -0.2) is 0 Å². The second-order valence-electron chi connectivity index (χ2n) is 16.9. The van der Waals surface area contributed by atoms with E-state index in [0.717, 1.165) is 11.0 Å². The maximum absolute atomic E-state index is 4.52. The maximum atomic E-state index is 4.52. The molecule has 6 rings (SSSR count). The first-order valence-corrected chi connectivity index (χ1v) is 16.6. The average molecular weight is 809 g/mol. The first-order valence-electron chi connectivity index (χ1n) is 16.6. The van der Waals surface area contributed by atoms with Gasteiger partial charge in [0.05, 0.1) is 0 Å². The summed E-state index contributed by atoms with van der Waals surface area (Å²) in [6.07, 6.45) is 4.35. The minimum absolute atomic E-state index is 0. The van der Waals surface area contributed by atoms with Crippen LogP contribution in [-0.2, 0) is 44.0 Å². The molecule has 4 aromatic carbocycles. The Hall–Kier alpha value is -3.24. The van der Waals surface area contributed by atoms with Crippen LogP contribution in [0.2, 0.25) is 0 Å². The third kappa shape index (κ3) is 8.44. The zero-order valence-electron chi connectivity index (χ0n) is 30.5. The van der Waals surface area contributed by atoms with E-state index < -0.39 is 0 Å². The van der Waals surface area contributed by atoms with Crippen LogP contribution in [-0.4, -0.2) is 0 Å². The number of hydrogen-bond acceptors (Lipinski definition) is 2. The van der Waals surface area contributed by atoms with Gasteiger partial charge in [-0.1, -0.05) is 144 Å². The van der Waals surface area contributed by atoms with Crippen molar-refractivity contribution < 1.29 is 22.4 Å². The van der Waals surface area contributed by atoms with Gasteiger partial charge in [0.25, 0.3) is 0 Å². The van der Waals surface area contributed by atoms with Gasteiger partial charge >= 0.3 is 0 Å². The standard InChI is InChI=1S/C31H45N2.C12H8N.Au/c1-28(2,3)22-15-23(29(4,5)6)18-26(17-22)32-13-14-33(21-32)27-19-24(30(7,8)9)16-25(20-27)31(10,11)12;1-3-7-11-9(5-1)10-6-2-4-8-12(10)13-11;/h13-21H,1-12H3;1-8H;/q2*-1;. The summed E-state index contributed by atoms with van der Waals surface area (Å²) in [6, 6.07) is 30.6. The van der Waals surface area contributed by atoms with Crippen LogP contribution in [0.1, 0.15) is 105 Å². The van der Waals surface area contributed by atoms with Crippen LogP contribution in [0.3, 0.4) is 0 Å². The van der Waals surface area contributed by atoms with E-state index in [-0.39, 0.29) is 44.0 Å². The first kappa shape index (κ1) is 36.6. The SMILES string of the molecule is CC(C)(C)c1cc(N2C=CN(c3cc(C(C)(C)C)cc(C(C)(C)C)c3)[CH-]2)cc(C(C)(C)C)c1.[Au].c1ccc2c(c1)[n-]c1ccccc12. The van der Waals surface area contributed by atoms with Crippen molar-refractivity contribution >= 4 is 33.2 Å². The number of hydrogen-bond donors (Lipinski definition) is 0. The number of anilines is 2. The summed E-state index contributed by atoms with van der Waals surface area (Å²) in [6.45, 7) is 29.7. The molecule has 0 spiro atoms. The third-order valence-corrected chi connectivity index (χ3v) is 8.87. The van der Waals surface area contributed by atoms with Crippen LogP contribution in [0.4, 0.5) is 11.4 Å². The van der Waals surface area contributed by atoms with Gasteiger partial charge in [0.2, 0.25) is 0 Å². The molecule has 4 heteroatoms. The van der Waals surface area contributed by atoms with E-state index in [0.29, 0.717) is 0 Å². The van der Waals surface area contributed by atoms with Gasteiger partial charge in [0, 0.05) is 33.8 Å². The first-order chi connectivity index (χ1) is 21.3. The molecule has 0 amide bonds. The molecule has 3 nitrogen and oxygen atoms in total. The molecular formula is C43H53AuN3-2. The zero-order chi connectivity index (χ0) is 33.7. The van der Waals surface area contributed by atoms with Crippen LogP contribution in [0.25, 0.3) is 21.8 Å². The van der Waals surface area contributed by atoms with Gasteiger partial charge in [0.15, 0.2) is 0 Å². The van der Waals surface area contributed by atoms with Crippen molar-refractivity contribution in [2.24, 2.45) is 0 Å². The van der Waals surface area contributed by atoms with Gasteiger partial charge in [-0.15, -0.1) is 17.7 Å². The number of para-hydroxylation sites is 2. The predicted molar refractivity (Wildman–Crippen MR) is 201 cm³/mol. The average Bonchev–Trinajstić information content (AvgIpc) is 3.61. The molecule has 2 heterocycles. The van der Waals surface area contributed by atoms with Crippen molar-refractivity contribution in [2.75, 3.05) is 9.80 Å². The van der Waals surface area contributed by atoms with Crippen LogP contribution in [0.5, 0.6) is 0 Å². The molecule has 0 bridgehead atoms. The van der Waals surface area contributed by atoms with E-state index in [1.165, 1.54) is 44.4 Å². The van der Waals surface area contributed by atoms with Gasteiger partial charge in [-0.05, 0) is 91.4 Å². The Morgan fingerprint density at radius 3 is 1.04 bits per heavy atom. The van der Waals surface area contributed by atoms with Gasteiger partial charge in [-0.3, -0.25) is 0 Å². The van der Waals surface area contributed by atoms with Gasteiger partial charge in [0.1, 0.15) is 0 Å². The maximum Gasteiger partial charge on any atom is 0.0130 e. The van der Waals surface area contributed by atoms with Crippen molar-refractivity contribution in [3.63, 3.8) is 0 Å². The molecule has 1 aromatic heterocycles. The summed E-state index contributed by atoms with van der Waals surface area (Å²) in [5.74, 6) is 0. The summed E-state index contributed by atoms with van der Waals surface area (Å²) in [7, 11) is 0. The Morgan fingerprint density at radius 2 is 0.745 bits per heavy atom. The third-order valence-electron chi connectivity index (χ3n) is 8.87. The molecule has 0 fully saturated rings. The fraction of sp³-hybridized carbons (Fsp3) is 0.372. The Balaban J connectivity index is 0.000000294. The van der Waals surface area contributed by atoms with Gasteiger partial charge < -0.3 is 14.8 Å². The molecule has 0 unspecified atom stereocenters. The van der Waals surface area contributed by atoms with E-state index in [4.69, 9.17) is 0 Å². The molecule has 47 heavy (non-hydrogen) atoms. The van der Waals surface area contributed by atoms with E-state index in [2.05, 4.69) is 190 Å². The number of nitrogens with zero attached hydrogens (tertiary/aromatic N) is 3. The van der Waals surface area contributed by atoms with Crippen LogP contribution < -0.4 is 14.8 Å². The minimum Gasteiger partial charge on any atom is -0.657 e. The second-order valence-corrected chi connectivity index (χ2v) is 16.9. The molecule has 0 N–H and O–H groups in total. The molecule has 5 aromatic rings. The monoisotopic (exact) mass is 808 g/mol. The predicted octanol–water partition coefficient (Wildman–Crippen LogP) is 11.7. The van der Waals surface area contributed by atoms with Crippen LogP contribution in [0.15, 0.2) is 97.3 Å². The Labute approximate surface area is 300 Å². The van der Waals surface area contributed by atoms with Crippen LogP contribution in [0, 0.1) is 6.67 Å². The van der Waals surface area contributed by atoms with Crippen molar-refractivity contribution in [1.82, 2.24) is 4.98 Å². The number of aromatic nitrogens is 1. The topological polar surface area (TPSA) is 20.6 Å². The summed E-state index contributed by atoms with van der Waals surface area (Å²) in [5, 5.41) is 2.50. The van der Waals surface area contributed by atoms with Crippen LogP contribution >= 0.6 is 0 Å².